The molecule has 0 spiro atoms. The summed E-state index contributed by atoms with van der Waals surface area (Å²) >= 11 is 0. The smallest absolute Gasteiger partial charge is 0.0666 e. The highest BCUT2D eigenvalue weighted by atomic mass is 16.5. The van der Waals surface area contributed by atoms with Gasteiger partial charge in [0.15, 0.2) is 0 Å². The maximum absolute atomic E-state index is 5.86. The normalized spacial score (nSPS) is 35.2. The van der Waals surface area contributed by atoms with Crippen LogP contribution in [0.15, 0.2) is 0 Å². The molecule has 1 saturated heterocycles. The van der Waals surface area contributed by atoms with Gasteiger partial charge in [-0.05, 0) is 51.5 Å². The molecule has 0 bridgehead atoms. The van der Waals surface area contributed by atoms with Gasteiger partial charge >= 0.3 is 0 Å². The number of hydrogen-bond donors (Lipinski definition) is 1. The van der Waals surface area contributed by atoms with Crippen molar-refractivity contribution in [3.63, 3.8) is 0 Å². The van der Waals surface area contributed by atoms with Crippen LogP contribution in [0.25, 0.3) is 0 Å². The predicted octanol–water partition coefficient (Wildman–Crippen LogP) is 3.11. The average molecular weight is 225 g/mol. The molecular weight excluding hydrogens is 198 g/mol. The molecule has 1 heterocycles. The van der Waals surface area contributed by atoms with Crippen molar-refractivity contribution in [3.05, 3.63) is 0 Å². The van der Waals surface area contributed by atoms with Crippen molar-refractivity contribution in [1.82, 2.24) is 5.32 Å². The van der Waals surface area contributed by atoms with Crippen molar-refractivity contribution in [3.8, 4) is 0 Å². The van der Waals surface area contributed by atoms with Crippen molar-refractivity contribution >= 4 is 0 Å². The number of rotatable bonds is 6. The summed E-state index contributed by atoms with van der Waals surface area (Å²) in [4.78, 5) is 0. The lowest BCUT2D eigenvalue weighted by Gasteiger charge is -2.38. The Morgan fingerprint density at radius 3 is 2.81 bits per heavy atom. The fourth-order valence-corrected chi connectivity index (χ4v) is 2.65. The molecule has 0 radical (unpaired) electrons. The molecular formula is C14H27NO. The number of hydrogen-bond acceptors (Lipinski definition) is 2. The van der Waals surface area contributed by atoms with Crippen LogP contribution in [0.1, 0.15) is 58.8 Å². The molecule has 16 heavy (non-hydrogen) atoms. The first-order valence-electron chi connectivity index (χ1n) is 7.09. The maximum atomic E-state index is 5.86. The van der Waals surface area contributed by atoms with Gasteiger partial charge in [-0.1, -0.05) is 19.8 Å². The van der Waals surface area contributed by atoms with E-state index in [0.717, 1.165) is 18.9 Å². The molecule has 2 heteroatoms. The molecule has 1 N–H and O–H groups in total. The molecule has 1 aliphatic heterocycles. The molecule has 2 nitrogen and oxygen atoms in total. The minimum atomic E-state index is 0.131. The summed E-state index contributed by atoms with van der Waals surface area (Å²) in [6.07, 6.45) is 9.31. The molecule has 2 fully saturated rings. The largest absolute Gasteiger partial charge is 0.375 e. The molecule has 94 valence electrons. The SMILES string of the molecule is CCC1(C)CC(NCCCC2CC2)CCO1. The third-order valence-corrected chi connectivity index (χ3v) is 4.26. The van der Waals surface area contributed by atoms with E-state index in [1.165, 1.54) is 45.1 Å². The quantitative estimate of drug-likeness (QED) is 0.701. The fraction of sp³-hybridized carbons (Fsp3) is 1.00. The Hall–Kier alpha value is -0.0800. The second-order valence-electron chi connectivity index (χ2n) is 5.88. The number of nitrogens with one attached hydrogen (secondary N) is 1. The van der Waals surface area contributed by atoms with E-state index in [0.29, 0.717) is 6.04 Å². The second-order valence-corrected chi connectivity index (χ2v) is 5.88. The van der Waals surface area contributed by atoms with Gasteiger partial charge < -0.3 is 10.1 Å². The molecule has 0 amide bonds. The first-order chi connectivity index (χ1) is 7.72. The third-order valence-electron chi connectivity index (χ3n) is 4.26. The molecule has 2 unspecified atom stereocenters. The van der Waals surface area contributed by atoms with Crippen molar-refractivity contribution in [2.45, 2.75) is 70.4 Å². The van der Waals surface area contributed by atoms with Gasteiger partial charge in [0, 0.05) is 12.6 Å². The second kappa shape index (κ2) is 5.50. The standard InChI is InChI=1S/C14H27NO/c1-3-14(2)11-13(8-10-16-14)15-9-4-5-12-6-7-12/h12-13,15H,3-11H2,1-2H3. The lowest BCUT2D eigenvalue weighted by Crippen LogP contribution is -2.45. The third kappa shape index (κ3) is 3.74. The minimum Gasteiger partial charge on any atom is -0.375 e. The average Bonchev–Trinajstić information content (AvgIpc) is 3.09. The zero-order valence-corrected chi connectivity index (χ0v) is 10.9. The van der Waals surface area contributed by atoms with E-state index in [1.54, 1.807) is 0 Å². The zero-order valence-electron chi connectivity index (χ0n) is 10.9. The van der Waals surface area contributed by atoms with E-state index < -0.39 is 0 Å². The molecule has 2 atom stereocenters. The highest BCUT2D eigenvalue weighted by molar-refractivity contribution is 4.85. The van der Waals surface area contributed by atoms with Gasteiger partial charge in [-0.15, -0.1) is 0 Å². The Labute approximate surface area is 100 Å². The molecule has 2 aliphatic rings. The summed E-state index contributed by atoms with van der Waals surface area (Å²) < 4.78 is 5.86. The predicted molar refractivity (Wildman–Crippen MR) is 67.6 cm³/mol. The van der Waals surface area contributed by atoms with Crippen molar-refractivity contribution in [2.24, 2.45) is 5.92 Å². The van der Waals surface area contributed by atoms with Crippen LogP contribution in [0.2, 0.25) is 0 Å². The van der Waals surface area contributed by atoms with E-state index >= 15 is 0 Å². The summed E-state index contributed by atoms with van der Waals surface area (Å²) in [6.45, 7) is 6.63. The Morgan fingerprint density at radius 2 is 2.12 bits per heavy atom. The summed E-state index contributed by atoms with van der Waals surface area (Å²) in [6, 6.07) is 0.693. The van der Waals surface area contributed by atoms with Crippen LogP contribution in [-0.4, -0.2) is 24.8 Å². The van der Waals surface area contributed by atoms with Crippen molar-refractivity contribution in [1.29, 1.82) is 0 Å². The first kappa shape index (κ1) is 12.4. The monoisotopic (exact) mass is 225 g/mol. The van der Waals surface area contributed by atoms with E-state index in [2.05, 4.69) is 19.2 Å². The van der Waals surface area contributed by atoms with Gasteiger partial charge in [0.2, 0.25) is 0 Å². The summed E-state index contributed by atoms with van der Waals surface area (Å²) in [7, 11) is 0. The van der Waals surface area contributed by atoms with Gasteiger partial charge in [-0.2, -0.15) is 0 Å². The van der Waals surface area contributed by atoms with Gasteiger partial charge in [0.25, 0.3) is 0 Å². The lowest BCUT2D eigenvalue weighted by molar-refractivity contribution is -0.0778. The highest BCUT2D eigenvalue weighted by Crippen LogP contribution is 2.33. The van der Waals surface area contributed by atoms with Gasteiger partial charge in [-0.25, -0.2) is 0 Å². The van der Waals surface area contributed by atoms with Crippen LogP contribution in [-0.2, 0) is 4.74 Å². The van der Waals surface area contributed by atoms with Crippen LogP contribution in [0.4, 0.5) is 0 Å². The molecule has 1 aliphatic carbocycles. The molecule has 2 rings (SSSR count). The van der Waals surface area contributed by atoms with E-state index in [1.807, 2.05) is 0 Å². The summed E-state index contributed by atoms with van der Waals surface area (Å²) in [5.41, 5.74) is 0.131. The summed E-state index contributed by atoms with van der Waals surface area (Å²) in [5.74, 6) is 1.08. The topological polar surface area (TPSA) is 21.3 Å². The van der Waals surface area contributed by atoms with Crippen LogP contribution in [0.3, 0.4) is 0 Å². The van der Waals surface area contributed by atoms with Crippen molar-refractivity contribution in [2.75, 3.05) is 13.2 Å². The number of ether oxygens (including phenoxy) is 1. The van der Waals surface area contributed by atoms with Crippen molar-refractivity contribution < 1.29 is 4.74 Å². The highest BCUT2D eigenvalue weighted by Gasteiger charge is 2.31. The minimum absolute atomic E-state index is 0.131. The van der Waals surface area contributed by atoms with Crippen LogP contribution in [0, 0.1) is 5.92 Å². The Morgan fingerprint density at radius 1 is 1.31 bits per heavy atom. The first-order valence-corrected chi connectivity index (χ1v) is 7.09. The Kier molecular flexibility index (Phi) is 4.26. The van der Waals surface area contributed by atoms with Gasteiger partial charge in [0.1, 0.15) is 0 Å². The molecule has 0 aromatic heterocycles. The maximum Gasteiger partial charge on any atom is 0.0666 e. The van der Waals surface area contributed by atoms with E-state index in [9.17, 15) is 0 Å². The van der Waals surface area contributed by atoms with E-state index in [4.69, 9.17) is 4.74 Å². The Balaban J connectivity index is 1.60. The van der Waals surface area contributed by atoms with Gasteiger partial charge in [0.05, 0.1) is 5.60 Å². The van der Waals surface area contributed by atoms with Crippen LogP contribution < -0.4 is 5.32 Å². The molecule has 1 saturated carbocycles. The fourth-order valence-electron chi connectivity index (χ4n) is 2.65. The Bertz CT molecular complexity index is 215. The molecule has 0 aromatic carbocycles. The van der Waals surface area contributed by atoms with Crippen LogP contribution >= 0.6 is 0 Å². The lowest BCUT2D eigenvalue weighted by atomic mass is 9.90. The van der Waals surface area contributed by atoms with E-state index in [-0.39, 0.29) is 5.60 Å². The molecule has 0 aromatic rings. The van der Waals surface area contributed by atoms with Crippen LogP contribution in [0.5, 0.6) is 0 Å². The zero-order chi connectivity index (χ0) is 11.4. The van der Waals surface area contributed by atoms with Gasteiger partial charge in [-0.3, -0.25) is 0 Å². The summed E-state index contributed by atoms with van der Waals surface area (Å²) in [5, 5.41) is 3.71.